The van der Waals surface area contributed by atoms with Gasteiger partial charge < -0.3 is 19.2 Å². The largest absolute Gasteiger partial charge is 0.449 e. The summed E-state index contributed by atoms with van der Waals surface area (Å²) >= 11 is 0. The molecule has 1 aliphatic heterocycles. The molecule has 6 nitrogen and oxygen atoms in total. The van der Waals surface area contributed by atoms with Gasteiger partial charge in [-0.2, -0.15) is 0 Å². The van der Waals surface area contributed by atoms with Crippen LogP contribution in [-0.2, 0) is 15.9 Å². The van der Waals surface area contributed by atoms with Crippen LogP contribution in [0.15, 0.2) is 16.9 Å². The molecule has 1 aromatic heterocycles. The lowest BCUT2D eigenvalue weighted by atomic mass is 10.0. The summed E-state index contributed by atoms with van der Waals surface area (Å²) in [5.74, 6) is 0.688. The number of amides is 1. The number of hydrogen-bond acceptors (Lipinski definition) is 5. The van der Waals surface area contributed by atoms with Gasteiger partial charge in [-0.1, -0.05) is 0 Å². The highest BCUT2D eigenvalue weighted by atomic mass is 16.6. The van der Waals surface area contributed by atoms with Crippen LogP contribution in [0.25, 0.3) is 0 Å². The molecule has 1 amide bonds. The van der Waals surface area contributed by atoms with E-state index in [0.29, 0.717) is 18.9 Å². The smallest absolute Gasteiger partial charge is 0.407 e. The third-order valence-corrected chi connectivity index (χ3v) is 2.98. The van der Waals surface area contributed by atoms with Crippen LogP contribution in [0.1, 0.15) is 39.5 Å². The van der Waals surface area contributed by atoms with E-state index in [1.54, 1.807) is 12.5 Å². The van der Waals surface area contributed by atoms with E-state index in [4.69, 9.17) is 13.9 Å². The van der Waals surface area contributed by atoms with E-state index in [0.717, 1.165) is 12.8 Å². The highest BCUT2D eigenvalue weighted by molar-refractivity contribution is 5.68. The molecule has 0 bridgehead atoms. The quantitative estimate of drug-likeness (QED) is 0.920. The van der Waals surface area contributed by atoms with Crippen LogP contribution in [0.2, 0.25) is 0 Å². The Morgan fingerprint density at radius 3 is 2.85 bits per heavy atom. The van der Waals surface area contributed by atoms with E-state index < -0.39 is 11.7 Å². The van der Waals surface area contributed by atoms with E-state index in [1.165, 1.54) is 0 Å². The van der Waals surface area contributed by atoms with Gasteiger partial charge in [-0.3, -0.25) is 0 Å². The van der Waals surface area contributed by atoms with Gasteiger partial charge in [0, 0.05) is 0 Å². The molecule has 1 saturated heterocycles. The van der Waals surface area contributed by atoms with E-state index in [-0.39, 0.29) is 12.1 Å². The second-order valence-corrected chi connectivity index (χ2v) is 6.01. The lowest BCUT2D eigenvalue weighted by Gasteiger charge is -2.30. The first kappa shape index (κ1) is 14.8. The molecule has 2 rings (SSSR count). The molecule has 2 heterocycles. The van der Waals surface area contributed by atoms with E-state index in [2.05, 4.69) is 10.3 Å². The summed E-state index contributed by atoms with van der Waals surface area (Å²) in [6.07, 6.45) is 5.30. The van der Waals surface area contributed by atoms with Crippen LogP contribution >= 0.6 is 0 Å². The number of hydrogen-bond donors (Lipinski definition) is 1. The van der Waals surface area contributed by atoms with Crippen molar-refractivity contribution in [2.24, 2.45) is 0 Å². The lowest BCUT2D eigenvalue weighted by Crippen LogP contribution is -2.45. The second kappa shape index (κ2) is 6.26. The predicted molar refractivity (Wildman–Crippen MR) is 72.3 cm³/mol. The number of carbonyl (C=O) groups is 1. The Labute approximate surface area is 118 Å². The highest BCUT2D eigenvalue weighted by Crippen LogP contribution is 2.17. The minimum absolute atomic E-state index is 0.00524. The fourth-order valence-corrected chi connectivity index (χ4v) is 2.10. The number of oxazole rings is 1. The van der Waals surface area contributed by atoms with Crippen molar-refractivity contribution < 1.29 is 18.7 Å². The number of ether oxygens (including phenoxy) is 2. The van der Waals surface area contributed by atoms with Crippen LogP contribution in [0.5, 0.6) is 0 Å². The van der Waals surface area contributed by atoms with E-state index in [1.807, 2.05) is 20.8 Å². The maximum atomic E-state index is 11.7. The summed E-state index contributed by atoms with van der Waals surface area (Å²) in [5, 5.41) is 2.83. The zero-order valence-corrected chi connectivity index (χ0v) is 12.2. The number of aromatic nitrogens is 1. The predicted octanol–water partition coefficient (Wildman–Crippen LogP) is 2.29. The van der Waals surface area contributed by atoms with Gasteiger partial charge in [0.05, 0.1) is 31.4 Å². The van der Waals surface area contributed by atoms with Crippen molar-refractivity contribution in [3.05, 3.63) is 18.4 Å². The van der Waals surface area contributed by atoms with Gasteiger partial charge in [-0.15, -0.1) is 0 Å². The van der Waals surface area contributed by atoms with Crippen molar-refractivity contribution in [2.45, 2.75) is 57.8 Å². The summed E-state index contributed by atoms with van der Waals surface area (Å²) in [6.45, 7) is 6.02. The molecule has 1 N–H and O–H groups in total. The first-order valence-corrected chi connectivity index (χ1v) is 6.92. The lowest BCUT2D eigenvalue weighted by molar-refractivity contribution is -0.0100. The van der Waals surface area contributed by atoms with Crippen molar-refractivity contribution in [1.29, 1.82) is 0 Å². The molecule has 0 aromatic carbocycles. The van der Waals surface area contributed by atoms with Crippen LogP contribution < -0.4 is 5.32 Å². The van der Waals surface area contributed by atoms with Gasteiger partial charge in [-0.25, -0.2) is 9.78 Å². The van der Waals surface area contributed by atoms with Crippen molar-refractivity contribution in [1.82, 2.24) is 10.3 Å². The normalized spacial score (nSPS) is 23.4. The topological polar surface area (TPSA) is 73.6 Å². The minimum Gasteiger partial charge on any atom is -0.449 e. The molecule has 1 aliphatic rings. The van der Waals surface area contributed by atoms with Crippen molar-refractivity contribution in [2.75, 3.05) is 6.61 Å². The number of carbonyl (C=O) groups excluding carboxylic acids is 1. The van der Waals surface area contributed by atoms with Crippen LogP contribution in [0, 0.1) is 0 Å². The molecule has 0 radical (unpaired) electrons. The Kier molecular flexibility index (Phi) is 4.65. The Balaban J connectivity index is 1.70. The third-order valence-electron chi connectivity index (χ3n) is 2.98. The zero-order chi connectivity index (χ0) is 14.6. The Bertz CT molecular complexity index is 417. The monoisotopic (exact) mass is 282 g/mol. The summed E-state index contributed by atoms with van der Waals surface area (Å²) in [5.41, 5.74) is -0.479. The van der Waals surface area contributed by atoms with E-state index in [9.17, 15) is 4.79 Å². The average Bonchev–Trinajstić information content (AvgIpc) is 2.82. The summed E-state index contributed by atoms with van der Waals surface area (Å²) < 4.78 is 16.1. The molecule has 2 atom stereocenters. The molecule has 1 aromatic rings. The zero-order valence-electron chi connectivity index (χ0n) is 12.2. The second-order valence-electron chi connectivity index (χ2n) is 6.01. The molecular formula is C14H22N2O4. The molecule has 0 aliphatic carbocycles. The van der Waals surface area contributed by atoms with Crippen LogP contribution in [0.4, 0.5) is 4.79 Å². The molecule has 0 unspecified atom stereocenters. The summed E-state index contributed by atoms with van der Waals surface area (Å²) in [4.78, 5) is 15.7. The van der Waals surface area contributed by atoms with Gasteiger partial charge in [0.2, 0.25) is 0 Å². The number of alkyl carbamates (subject to hydrolysis) is 1. The first-order valence-electron chi connectivity index (χ1n) is 6.92. The Morgan fingerprint density at radius 1 is 1.50 bits per heavy atom. The van der Waals surface area contributed by atoms with Crippen molar-refractivity contribution >= 4 is 6.09 Å². The number of rotatable bonds is 3. The average molecular weight is 282 g/mol. The molecule has 0 saturated carbocycles. The van der Waals surface area contributed by atoms with Crippen molar-refractivity contribution in [3.63, 3.8) is 0 Å². The molecule has 0 spiro atoms. The maximum absolute atomic E-state index is 11.7. The summed E-state index contributed by atoms with van der Waals surface area (Å²) in [6, 6.07) is 0.00524. The molecule has 6 heteroatoms. The fraction of sp³-hybridized carbons (Fsp3) is 0.714. The van der Waals surface area contributed by atoms with Gasteiger partial charge in [0.15, 0.2) is 5.89 Å². The van der Waals surface area contributed by atoms with Gasteiger partial charge in [-0.05, 0) is 33.6 Å². The molecule has 1 fully saturated rings. The van der Waals surface area contributed by atoms with Gasteiger partial charge in [0.1, 0.15) is 11.9 Å². The molecular weight excluding hydrogens is 260 g/mol. The number of nitrogens with one attached hydrogen (secondary N) is 1. The number of nitrogens with zero attached hydrogens (tertiary/aromatic N) is 1. The van der Waals surface area contributed by atoms with Crippen molar-refractivity contribution in [3.8, 4) is 0 Å². The molecule has 20 heavy (non-hydrogen) atoms. The maximum Gasteiger partial charge on any atom is 0.407 e. The highest BCUT2D eigenvalue weighted by Gasteiger charge is 2.26. The Hall–Kier alpha value is -1.56. The summed E-state index contributed by atoms with van der Waals surface area (Å²) in [7, 11) is 0. The Morgan fingerprint density at radius 2 is 2.30 bits per heavy atom. The van der Waals surface area contributed by atoms with Gasteiger partial charge >= 0.3 is 6.09 Å². The van der Waals surface area contributed by atoms with Crippen LogP contribution in [-0.4, -0.2) is 35.4 Å². The van der Waals surface area contributed by atoms with E-state index >= 15 is 0 Å². The van der Waals surface area contributed by atoms with Crippen LogP contribution in [0.3, 0.4) is 0 Å². The molecule has 112 valence electrons. The minimum atomic E-state index is -0.479. The standard InChI is InChI=1S/C14H22N2O4/c1-14(2,3)20-13(17)16-10-4-5-11(19-9-10)8-12-15-6-7-18-12/h6-7,10-11H,4-5,8-9H2,1-3H3,(H,16,17)/t10-,11+/m1/s1. The fourth-order valence-electron chi connectivity index (χ4n) is 2.10. The SMILES string of the molecule is CC(C)(C)OC(=O)N[C@@H]1CC[C@@H](Cc2ncco2)OC1. The van der Waals surface area contributed by atoms with Gasteiger partial charge in [0.25, 0.3) is 0 Å². The first-order chi connectivity index (χ1) is 9.42. The third kappa shape index (κ3) is 4.85.